The Balaban J connectivity index is 1.48. The molecule has 0 aliphatic carbocycles. The van der Waals surface area contributed by atoms with Gasteiger partial charge in [0.1, 0.15) is 17.0 Å². The van der Waals surface area contributed by atoms with Crippen molar-refractivity contribution in [3.63, 3.8) is 0 Å². The maximum atomic E-state index is 5.65. The highest BCUT2D eigenvalue weighted by Crippen LogP contribution is 2.40. The Morgan fingerprint density at radius 1 is 0.967 bits per heavy atom. The molecule has 2 aromatic heterocycles. The first-order valence-corrected chi connectivity index (χ1v) is 11.0. The Hall–Kier alpha value is -2.58. The van der Waals surface area contributed by atoms with Gasteiger partial charge in [-0.3, -0.25) is 4.90 Å². The number of thiophene rings is 1. The van der Waals surface area contributed by atoms with Crippen molar-refractivity contribution in [3.05, 3.63) is 35.0 Å². The van der Waals surface area contributed by atoms with E-state index in [9.17, 15) is 0 Å². The van der Waals surface area contributed by atoms with Gasteiger partial charge >= 0.3 is 0 Å². The highest BCUT2D eigenvalue weighted by Gasteiger charge is 2.23. The van der Waals surface area contributed by atoms with Gasteiger partial charge in [0, 0.05) is 43.2 Å². The summed E-state index contributed by atoms with van der Waals surface area (Å²) in [5.74, 6) is 3.11. The van der Waals surface area contributed by atoms with Crippen LogP contribution in [0.25, 0.3) is 10.2 Å². The van der Waals surface area contributed by atoms with Crippen molar-refractivity contribution < 1.29 is 14.2 Å². The van der Waals surface area contributed by atoms with Crippen LogP contribution in [0.3, 0.4) is 0 Å². The van der Waals surface area contributed by atoms with E-state index in [0.29, 0.717) is 11.5 Å². The number of fused-ring (bicyclic) bond motifs is 1. The lowest BCUT2D eigenvalue weighted by atomic mass is 10.1. The summed E-state index contributed by atoms with van der Waals surface area (Å²) in [7, 11) is 4.95. The molecule has 1 aliphatic rings. The molecule has 0 amide bonds. The fraction of sp³-hybridized carbons (Fsp3) is 0.455. The van der Waals surface area contributed by atoms with E-state index in [4.69, 9.17) is 14.2 Å². The number of benzene rings is 1. The van der Waals surface area contributed by atoms with E-state index in [-0.39, 0.29) is 0 Å². The average molecular weight is 429 g/mol. The third kappa shape index (κ3) is 3.89. The van der Waals surface area contributed by atoms with Gasteiger partial charge in [-0.15, -0.1) is 11.3 Å². The van der Waals surface area contributed by atoms with E-state index in [1.165, 1.54) is 10.3 Å². The zero-order chi connectivity index (χ0) is 21.1. The molecule has 1 aliphatic heterocycles. The molecule has 30 heavy (non-hydrogen) atoms. The standard InChI is InChI=1S/C22H28N4O3S/c1-5-16-12-17-21(23-14-24-22(17)30-16)26-10-8-25(9-11-26)13-15-6-7-18(27-2)20(29-4)19(15)28-3/h6-7,12,14H,5,8-11,13H2,1-4H3. The van der Waals surface area contributed by atoms with E-state index in [2.05, 4.69) is 38.8 Å². The van der Waals surface area contributed by atoms with Crippen molar-refractivity contribution >= 4 is 27.4 Å². The van der Waals surface area contributed by atoms with E-state index < -0.39 is 0 Å². The summed E-state index contributed by atoms with van der Waals surface area (Å²) in [5, 5.41) is 1.18. The molecule has 0 N–H and O–H groups in total. The average Bonchev–Trinajstić information content (AvgIpc) is 3.22. The summed E-state index contributed by atoms with van der Waals surface area (Å²) < 4.78 is 16.6. The first kappa shape index (κ1) is 20.7. The molecule has 3 heterocycles. The molecule has 8 heteroatoms. The molecule has 0 atom stereocenters. The van der Waals surface area contributed by atoms with Crippen LogP contribution in [0, 0.1) is 0 Å². The molecular formula is C22H28N4O3S. The zero-order valence-electron chi connectivity index (χ0n) is 18.0. The van der Waals surface area contributed by atoms with Gasteiger partial charge in [0.25, 0.3) is 0 Å². The van der Waals surface area contributed by atoms with E-state index in [1.54, 1.807) is 39.0 Å². The summed E-state index contributed by atoms with van der Waals surface area (Å²) in [6.45, 7) is 6.74. The molecule has 1 aromatic carbocycles. The molecule has 0 unspecified atom stereocenters. The number of nitrogens with zero attached hydrogens (tertiary/aromatic N) is 4. The van der Waals surface area contributed by atoms with Crippen molar-refractivity contribution in [1.29, 1.82) is 0 Å². The maximum Gasteiger partial charge on any atom is 0.203 e. The van der Waals surface area contributed by atoms with Crippen molar-refractivity contribution in [1.82, 2.24) is 14.9 Å². The van der Waals surface area contributed by atoms with Gasteiger partial charge in [0.15, 0.2) is 11.5 Å². The minimum absolute atomic E-state index is 0.642. The Morgan fingerprint density at radius 2 is 1.73 bits per heavy atom. The quantitative estimate of drug-likeness (QED) is 0.570. The monoisotopic (exact) mass is 428 g/mol. The fourth-order valence-corrected chi connectivity index (χ4v) is 4.90. The van der Waals surface area contributed by atoms with Crippen molar-refractivity contribution in [3.8, 4) is 17.2 Å². The van der Waals surface area contributed by atoms with Crippen LogP contribution in [0.5, 0.6) is 17.2 Å². The molecule has 0 saturated carbocycles. The van der Waals surface area contributed by atoms with E-state index in [0.717, 1.165) is 61.1 Å². The Morgan fingerprint density at radius 3 is 2.40 bits per heavy atom. The molecule has 4 rings (SSSR count). The van der Waals surface area contributed by atoms with Crippen LogP contribution in [0.2, 0.25) is 0 Å². The predicted molar refractivity (Wildman–Crippen MR) is 120 cm³/mol. The zero-order valence-corrected chi connectivity index (χ0v) is 18.8. The van der Waals surface area contributed by atoms with Crippen LogP contribution in [0.4, 0.5) is 5.82 Å². The first-order chi connectivity index (χ1) is 14.7. The smallest absolute Gasteiger partial charge is 0.203 e. The lowest BCUT2D eigenvalue weighted by molar-refractivity contribution is 0.243. The van der Waals surface area contributed by atoms with Crippen molar-refractivity contribution in [2.45, 2.75) is 19.9 Å². The molecule has 0 spiro atoms. The van der Waals surface area contributed by atoms with Crippen LogP contribution >= 0.6 is 11.3 Å². The SMILES string of the molecule is CCc1cc2c(N3CCN(Cc4ccc(OC)c(OC)c4OC)CC3)ncnc2s1. The highest BCUT2D eigenvalue weighted by atomic mass is 32.1. The van der Waals surface area contributed by atoms with E-state index in [1.807, 2.05) is 6.07 Å². The van der Waals surface area contributed by atoms with Gasteiger partial charge < -0.3 is 19.1 Å². The topological polar surface area (TPSA) is 60.0 Å². The molecule has 160 valence electrons. The molecule has 1 fully saturated rings. The van der Waals surface area contributed by atoms with Gasteiger partial charge in [-0.2, -0.15) is 0 Å². The second kappa shape index (κ2) is 9.06. The van der Waals surface area contributed by atoms with E-state index >= 15 is 0 Å². The number of ether oxygens (including phenoxy) is 3. The lowest BCUT2D eigenvalue weighted by Gasteiger charge is -2.35. The molecule has 3 aromatic rings. The Labute approximate surface area is 181 Å². The third-order valence-electron chi connectivity index (χ3n) is 5.56. The number of rotatable bonds is 7. The molecule has 7 nitrogen and oxygen atoms in total. The van der Waals surface area contributed by atoms with Crippen LogP contribution in [-0.2, 0) is 13.0 Å². The number of aromatic nitrogens is 2. The Bertz CT molecular complexity index is 1020. The first-order valence-electron chi connectivity index (χ1n) is 10.2. The van der Waals surface area contributed by atoms with Crippen molar-refractivity contribution in [2.75, 3.05) is 52.4 Å². The van der Waals surface area contributed by atoms with Crippen molar-refractivity contribution in [2.24, 2.45) is 0 Å². The second-order valence-corrected chi connectivity index (χ2v) is 8.35. The van der Waals surface area contributed by atoms with Gasteiger partial charge in [-0.05, 0) is 18.6 Å². The summed E-state index contributed by atoms with van der Waals surface area (Å²) in [6, 6.07) is 6.24. The van der Waals surface area contributed by atoms with Crippen LogP contribution in [-0.4, -0.2) is 62.4 Å². The summed E-state index contributed by atoms with van der Waals surface area (Å²) in [6.07, 6.45) is 2.72. The minimum atomic E-state index is 0.642. The molecule has 1 saturated heterocycles. The lowest BCUT2D eigenvalue weighted by Crippen LogP contribution is -2.46. The fourth-order valence-electron chi connectivity index (χ4n) is 3.97. The summed E-state index contributed by atoms with van der Waals surface area (Å²) in [4.78, 5) is 16.3. The predicted octanol–water partition coefficient (Wildman–Crippen LogP) is 3.60. The van der Waals surface area contributed by atoms with Crippen LogP contribution < -0.4 is 19.1 Å². The maximum absolute atomic E-state index is 5.65. The number of anilines is 1. The minimum Gasteiger partial charge on any atom is -0.493 e. The highest BCUT2D eigenvalue weighted by molar-refractivity contribution is 7.18. The van der Waals surface area contributed by atoms with Gasteiger partial charge in [-0.1, -0.05) is 13.0 Å². The summed E-state index contributed by atoms with van der Waals surface area (Å²) in [5.41, 5.74) is 1.10. The van der Waals surface area contributed by atoms with Gasteiger partial charge in [-0.25, -0.2) is 9.97 Å². The normalized spacial score (nSPS) is 14.9. The third-order valence-corrected chi connectivity index (χ3v) is 6.75. The van der Waals surface area contributed by atoms with Gasteiger partial charge in [0.05, 0.1) is 26.7 Å². The number of piperazine rings is 1. The van der Waals surface area contributed by atoms with Crippen LogP contribution in [0.15, 0.2) is 24.5 Å². The molecule has 0 radical (unpaired) electrons. The van der Waals surface area contributed by atoms with Crippen LogP contribution in [0.1, 0.15) is 17.4 Å². The Kier molecular flexibility index (Phi) is 6.24. The number of methoxy groups -OCH3 is 3. The summed E-state index contributed by atoms with van der Waals surface area (Å²) >= 11 is 1.76. The van der Waals surface area contributed by atoms with Gasteiger partial charge in [0.2, 0.25) is 5.75 Å². The largest absolute Gasteiger partial charge is 0.493 e. The number of hydrogen-bond donors (Lipinski definition) is 0. The number of aryl methyl sites for hydroxylation is 1. The molecular weight excluding hydrogens is 400 g/mol. The molecule has 0 bridgehead atoms. The second-order valence-electron chi connectivity index (χ2n) is 7.24. The number of hydrogen-bond acceptors (Lipinski definition) is 8.